The van der Waals surface area contributed by atoms with Crippen molar-refractivity contribution < 1.29 is 29.2 Å². The first-order chi connectivity index (χ1) is 13.6. The Morgan fingerprint density at radius 3 is 2.25 bits per heavy atom. The third-order valence-electron chi connectivity index (χ3n) is 4.40. The minimum Gasteiger partial charge on any atom is -0.512 e. The molecule has 1 amide bonds. The molecule has 0 bridgehead atoms. The highest BCUT2D eigenvalue weighted by atomic mass is 16.5. The van der Waals surface area contributed by atoms with Gasteiger partial charge in [-0.1, -0.05) is 6.08 Å². The molecule has 1 aliphatic carbocycles. The third-order valence-corrected chi connectivity index (χ3v) is 4.40. The molecule has 0 heterocycles. The molecular formula is C20H36N2O6. The Morgan fingerprint density at radius 2 is 1.68 bits per heavy atom. The molecule has 0 saturated heterocycles. The normalized spacial score (nSPS) is 14.3. The van der Waals surface area contributed by atoms with Crippen LogP contribution in [0, 0.1) is 0 Å². The van der Waals surface area contributed by atoms with E-state index in [1.165, 1.54) is 6.92 Å². The molecule has 0 aromatic carbocycles. The summed E-state index contributed by atoms with van der Waals surface area (Å²) in [6, 6.07) is 0. The number of nitrogens with zero attached hydrogens (tertiary/aromatic N) is 1. The van der Waals surface area contributed by atoms with Crippen LogP contribution in [-0.4, -0.2) is 86.9 Å². The van der Waals surface area contributed by atoms with Crippen LogP contribution in [0.5, 0.6) is 0 Å². The smallest absolute Gasteiger partial charge is 0.219 e. The molecule has 1 rings (SSSR count). The second kappa shape index (κ2) is 15.5. The Hall–Kier alpha value is -1.45. The van der Waals surface area contributed by atoms with Crippen molar-refractivity contribution in [1.82, 2.24) is 4.90 Å². The Kier molecular flexibility index (Phi) is 13.6. The molecule has 0 fully saturated rings. The second-order valence-corrected chi connectivity index (χ2v) is 6.71. The zero-order valence-corrected chi connectivity index (χ0v) is 17.0. The Morgan fingerprint density at radius 1 is 1.07 bits per heavy atom. The Balaban J connectivity index is 2.15. The first-order valence-electron chi connectivity index (χ1n) is 9.98. The topological polar surface area (TPSA) is 114 Å². The first kappa shape index (κ1) is 24.6. The van der Waals surface area contributed by atoms with Crippen LogP contribution in [0.4, 0.5) is 0 Å². The molecule has 0 radical (unpaired) electrons. The van der Waals surface area contributed by atoms with Gasteiger partial charge in [-0.15, -0.1) is 0 Å². The lowest BCUT2D eigenvalue weighted by atomic mass is 9.98. The number of hydrogen-bond donors (Lipinski definition) is 3. The molecule has 4 N–H and O–H groups in total. The standard InChI is InChI=1S/C20H36N2O6/c1-17(24)22(15-19-14-18(16-23)4-5-20(19)25)7-3-9-27-11-13-28-12-10-26-8-2-6-21/h14,23,25H,2-13,15-16,21H2,1H3. The molecule has 8 nitrogen and oxygen atoms in total. The molecule has 1 aliphatic rings. The van der Waals surface area contributed by atoms with E-state index < -0.39 is 0 Å². The van der Waals surface area contributed by atoms with Gasteiger partial charge in [0.05, 0.1) is 38.8 Å². The lowest BCUT2D eigenvalue weighted by Gasteiger charge is -2.24. The van der Waals surface area contributed by atoms with Gasteiger partial charge >= 0.3 is 0 Å². The van der Waals surface area contributed by atoms with E-state index in [0.717, 1.165) is 12.0 Å². The maximum Gasteiger partial charge on any atom is 0.219 e. The van der Waals surface area contributed by atoms with Crippen molar-refractivity contribution in [2.24, 2.45) is 5.73 Å². The van der Waals surface area contributed by atoms with Crippen LogP contribution >= 0.6 is 0 Å². The van der Waals surface area contributed by atoms with Crippen molar-refractivity contribution in [2.75, 3.05) is 65.9 Å². The molecule has 162 valence electrons. The minimum atomic E-state index is -0.0530. The monoisotopic (exact) mass is 400 g/mol. The maximum atomic E-state index is 11.9. The van der Waals surface area contributed by atoms with Crippen LogP contribution in [0.15, 0.2) is 23.0 Å². The van der Waals surface area contributed by atoms with E-state index in [1.54, 1.807) is 11.0 Å². The van der Waals surface area contributed by atoms with E-state index in [1.807, 2.05) is 0 Å². The zero-order valence-electron chi connectivity index (χ0n) is 17.0. The van der Waals surface area contributed by atoms with Gasteiger partial charge in [-0.25, -0.2) is 0 Å². The molecular weight excluding hydrogens is 364 g/mol. The van der Waals surface area contributed by atoms with Crippen LogP contribution in [-0.2, 0) is 19.0 Å². The molecule has 0 aromatic rings. The minimum absolute atomic E-state index is 0.0212. The van der Waals surface area contributed by atoms with Gasteiger partial charge in [0, 0.05) is 45.2 Å². The molecule has 0 unspecified atom stereocenters. The number of amides is 1. The fraction of sp³-hybridized carbons (Fsp3) is 0.750. The van der Waals surface area contributed by atoms with E-state index in [4.69, 9.17) is 19.9 Å². The number of carbonyl (C=O) groups is 1. The lowest BCUT2D eigenvalue weighted by Crippen LogP contribution is -2.33. The van der Waals surface area contributed by atoms with Crippen molar-refractivity contribution in [1.29, 1.82) is 0 Å². The van der Waals surface area contributed by atoms with Crippen molar-refractivity contribution in [3.05, 3.63) is 23.0 Å². The van der Waals surface area contributed by atoms with E-state index >= 15 is 0 Å². The molecule has 8 heteroatoms. The average Bonchev–Trinajstić information content (AvgIpc) is 2.69. The summed E-state index contributed by atoms with van der Waals surface area (Å²) in [5.41, 5.74) is 6.96. The summed E-state index contributed by atoms with van der Waals surface area (Å²) < 4.78 is 16.3. The van der Waals surface area contributed by atoms with E-state index in [0.29, 0.717) is 89.9 Å². The zero-order chi connectivity index (χ0) is 20.6. The van der Waals surface area contributed by atoms with Gasteiger partial charge in [0.1, 0.15) is 0 Å². The van der Waals surface area contributed by atoms with Crippen molar-refractivity contribution in [2.45, 2.75) is 32.6 Å². The quantitative estimate of drug-likeness (QED) is 0.333. The number of ether oxygens (including phenoxy) is 3. The molecule has 0 aromatic heterocycles. The predicted molar refractivity (Wildman–Crippen MR) is 107 cm³/mol. The van der Waals surface area contributed by atoms with Gasteiger partial charge in [-0.2, -0.15) is 0 Å². The van der Waals surface area contributed by atoms with Gasteiger partial charge in [0.2, 0.25) is 5.91 Å². The average molecular weight is 401 g/mol. The fourth-order valence-electron chi connectivity index (χ4n) is 2.74. The number of hydrogen-bond acceptors (Lipinski definition) is 7. The van der Waals surface area contributed by atoms with Gasteiger partial charge in [-0.3, -0.25) is 4.79 Å². The first-order valence-corrected chi connectivity index (χ1v) is 9.98. The van der Waals surface area contributed by atoms with Crippen LogP contribution in [0.3, 0.4) is 0 Å². The van der Waals surface area contributed by atoms with Crippen LogP contribution in [0.25, 0.3) is 0 Å². The van der Waals surface area contributed by atoms with Gasteiger partial charge in [-0.05, 0) is 31.4 Å². The highest BCUT2D eigenvalue weighted by Crippen LogP contribution is 2.22. The van der Waals surface area contributed by atoms with Crippen LogP contribution < -0.4 is 5.73 Å². The number of aliphatic hydroxyl groups is 2. The molecule has 0 spiro atoms. The summed E-state index contributed by atoms with van der Waals surface area (Å²) in [6.07, 6.45) is 4.52. The number of rotatable bonds is 16. The van der Waals surface area contributed by atoms with E-state index in [9.17, 15) is 15.0 Å². The number of carbonyl (C=O) groups excluding carboxylic acids is 1. The molecule has 0 aliphatic heterocycles. The van der Waals surface area contributed by atoms with Crippen molar-refractivity contribution in [3.8, 4) is 0 Å². The highest BCUT2D eigenvalue weighted by Gasteiger charge is 2.17. The van der Waals surface area contributed by atoms with Crippen LogP contribution in [0.2, 0.25) is 0 Å². The molecule has 0 saturated carbocycles. The maximum absolute atomic E-state index is 11.9. The lowest BCUT2D eigenvalue weighted by molar-refractivity contribution is -0.128. The van der Waals surface area contributed by atoms with E-state index in [-0.39, 0.29) is 12.5 Å². The fourth-order valence-corrected chi connectivity index (χ4v) is 2.74. The Labute approximate surface area is 167 Å². The van der Waals surface area contributed by atoms with Crippen molar-refractivity contribution >= 4 is 5.91 Å². The number of nitrogens with two attached hydrogens (primary N) is 1. The second-order valence-electron chi connectivity index (χ2n) is 6.71. The summed E-state index contributed by atoms with van der Waals surface area (Å²) in [7, 11) is 0. The van der Waals surface area contributed by atoms with Gasteiger partial charge in [0.15, 0.2) is 0 Å². The van der Waals surface area contributed by atoms with Gasteiger partial charge in [0.25, 0.3) is 0 Å². The molecule has 0 atom stereocenters. The summed E-state index contributed by atoms with van der Waals surface area (Å²) in [5, 5.41) is 19.3. The SMILES string of the molecule is CC(=O)N(CCCOCCOCCOCCCN)CC1=C(O)CCC(CO)=C1. The Bertz CT molecular complexity index is 507. The van der Waals surface area contributed by atoms with E-state index in [2.05, 4.69) is 0 Å². The third kappa shape index (κ3) is 10.8. The van der Waals surface area contributed by atoms with Crippen molar-refractivity contribution in [3.63, 3.8) is 0 Å². The largest absolute Gasteiger partial charge is 0.512 e. The summed E-state index contributed by atoms with van der Waals surface area (Å²) >= 11 is 0. The number of aliphatic hydroxyl groups excluding tert-OH is 2. The molecule has 28 heavy (non-hydrogen) atoms. The predicted octanol–water partition coefficient (Wildman–Crippen LogP) is 1.15. The van der Waals surface area contributed by atoms with Crippen LogP contribution in [0.1, 0.15) is 32.6 Å². The highest BCUT2D eigenvalue weighted by molar-refractivity contribution is 5.73. The summed E-state index contributed by atoms with van der Waals surface area (Å²) in [6.45, 7) is 6.31. The number of allylic oxidation sites excluding steroid dienone is 1. The summed E-state index contributed by atoms with van der Waals surface area (Å²) in [4.78, 5) is 13.6. The summed E-state index contributed by atoms with van der Waals surface area (Å²) in [5.74, 6) is 0.242. The van der Waals surface area contributed by atoms with Gasteiger partial charge < -0.3 is 35.1 Å².